The predicted octanol–water partition coefficient (Wildman–Crippen LogP) is 3.24. The first-order chi connectivity index (χ1) is 11.5. The fourth-order valence-corrected chi connectivity index (χ4v) is 4.08. The van der Waals surface area contributed by atoms with E-state index in [1.165, 1.54) is 11.8 Å². The molecule has 0 aliphatic rings. The normalized spacial score (nSPS) is 13.2. The molecule has 0 spiro atoms. The van der Waals surface area contributed by atoms with E-state index in [4.69, 9.17) is 0 Å². The van der Waals surface area contributed by atoms with E-state index >= 15 is 0 Å². The average Bonchev–Trinajstić information content (AvgIpc) is 2.99. The number of nitrogens with one attached hydrogen (secondary N) is 1. The maximum atomic E-state index is 12.0. The maximum absolute atomic E-state index is 12.0. The molecular weight excluding hydrogens is 320 g/mol. The molecule has 0 bridgehead atoms. The summed E-state index contributed by atoms with van der Waals surface area (Å²) < 4.78 is 26.3. The van der Waals surface area contributed by atoms with Crippen LogP contribution in [0.15, 0.2) is 65.7 Å². The molecule has 5 heteroatoms. The molecule has 4 nitrogen and oxygen atoms in total. The molecule has 126 valence electrons. The monoisotopic (exact) mass is 342 g/mol. The first kappa shape index (κ1) is 16.7. The van der Waals surface area contributed by atoms with E-state index in [1.54, 1.807) is 6.07 Å². The lowest BCUT2D eigenvalue weighted by molar-refractivity contribution is 0.539. The number of fused-ring (bicyclic) bond motifs is 1. The fraction of sp³-hybridized carbons (Fsp3) is 0.263. The molecule has 24 heavy (non-hydrogen) atoms. The van der Waals surface area contributed by atoms with Gasteiger partial charge in [-0.25, -0.2) is 8.42 Å². The zero-order valence-corrected chi connectivity index (χ0v) is 14.8. The number of nitrogens with zero attached hydrogens (tertiary/aromatic N) is 1. The second-order valence-electron chi connectivity index (χ2n) is 6.00. The smallest absolute Gasteiger partial charge is 0.176 e. The van der Waals surface area contributed by atoms with Crippen molar-refractivity contribution in [2.24, 2.45) is 0 Å². The Kier molecular flexibility index (Phi) is 4.73. The van der Waals surface area contributed by atoms with Gasteiger partial charge in [-0.2, -0.15) is 0 Å². The van der Waals surface area contributed by atoms with Crippen molar-refractivity contribution in [1.29, 1.82) is 0 Å². The molecule has 1 aromatic heterocycles. The van der Waals surface area contributed by atoms with E-state index in [2.05, 4.69) is 22.0 Å². The summed E-state index contributed by atoms with van der Waals surface area (Å²) in [5, 5.41) is 3.99. The Hall–Kier alpha value is -2.11. The zero-order valence-electron chi connectivity index (χ0n) is 13.9. The van der Waals surface area contributed by atoms with Gasteiger partial charge in [0.25, 0.3) is 0 Å². The highest BCUT2D eigenvalue weighted by Crippen LogP contribution is 2.30. The second kappa shape index (κ2) is 6.79. The molecule has 0 radical (unpaired) electrons. The van der Waals surface area contributed by atoms with Gasteiger partial charge in [0.05, 0.1) is 10.9 Å². The fourth-order valence-electron chi connectivity index (χ4n) is 3.18. The van der Waals surface area contributed by atoms with Gasteiger partial charge in [0, 0.05) is 23.4 Å². The Bertz CT molecular complexity index is 930. The summed E-state index contributed by atoms with van der Waals surface area (Å²) in [5.74, 6) is 0. The molecule has 0 fully saturated rings. The van der Waals surface area contributed by atoms with Crippen LogP contribution in [0, 0.1) is 0 Å². The van der Waals surface area contributed by atoms with Crippen molar-refractivity contribution in [1.82, 2.24) is 9.88 Å². The predicted molar refractivity (Wildman–Crippen MR) is 98.2 cm³/mol. The van der Waals surface area contributed by atoms with Crippen molar-refractivity contribution >= 4 is 20.7 Å². The van der Waals surface area contributed by atoms with Gasteiger partial charge in [-0.15, -0.1) is 0 Å². The largest absolute Gasteiger partial charge is 0.340 e. The summed E-state index contributed by atoms with van der Waals surface area (Å²) in [6, 6.07) is 17.9. The Morgan fingerprint density at radius 1 is 1.04 bits per heavy atom. The maximum Gasteiger partial charge on any atom is 0.176 e. The van der Waals surface area contributed by atoms with Gasteiger partial charge >= 0.3 is 0 Å². The minimum absolute atomic E-state index is 0.158. The van der Waals surface area contributed by atoms with Crippen molar-refractivity contribution < 1.29 is 8.42 Å². The van der Waals surface area contributed by atoms with Crippen LogP contribution in [0.4, 0.5) is 0 Å². The summed E-state index contributed by atoms with van der Waals surface area (Å²) in [6.45, 7) is 0.880. The Labute approximate surface area is 143 Å². The number of hydrogen-bond donors (Lipinski definition) is 1. The molecule has 0 aliphatic carbocycles. The third-order valence-electron chi connectivity index (χ3n) is 4.31. The van der Waals surface area contributed by atoms with Crippen LogP contribution in [0.1, 0.15) is 18.0 Å². The molecule has 1 unspecified atom stereocenters. The molecule has 1 N–H and O–H groups in total. The van der Waals surface area contributed by atoms with Crippen molar-refractivity contribution in [2.45, 2.75) is 17.4 Å². The van der Waals surface area contributed by atoms with Crippen LogP contribution in [0.2, 0.25) is 0 Å². The zero-order chi connectivity index (χ0) is 17.2. The van der Waals surface area contributed by atoms with Gasteiger partial charge in [-0.3, -0.25) is 0 Å². The quantitative estimate of drug-likeness (QED) is 0.748. The van der Waals surface area contributed by atoms with E-state index in [9.17, 15) is 8.42 Å². The Morgan fingerprint density at radius 3 is 2.46 bits per heavy atom. The summed E-state index contributed by atoms with van der Waals surface area (Å²) >= 11 is 0. The van der Waals surface area contributed by atoms with Crippen LogP contribution >= 0.6 is 0 Å². The lowest BCUT2D eigenvalue weighted by Crippen LogP contribution is -2.17. The van der Waals surface area contributed by atoms with Gasteiger partial charge < -0.3 is 9.88 Å². The highest BCUT2D eigenvalue weighted by atomic mass is 32.2. The molecule has 0 saturated carbocycles. The summed E-state index contributed by atoms with van der Waals surface area (Å²) in [5.41, 5.74) is 2.16. The average molecular weight is 342 g/mol. The number of benzene rings is 2. The SMILES string of the molecule is CNCCC(c1ccccc1)n1ccc2c(S(C)(=O)=O)cccc21. The van der Waals surface area contributed by atoms with Gasteiger partial charge in [-0.05, 0) is 43.8 Å². The van der Waals surface area contributed by atoms with Crippen molar-refractivity contribution in [2.75, 3.05) is 19.8 Å². The van der Waals surface area contributed by atoms with Gasteiger partial charge in [0.1, 0.15) is 0 Å². The molecule has 3 rings (SSSR count). The molecule has 1 atom stereocenters. The topological polar surface area (TPSA) is 51.1 Å². The molecule has 0 saturated heterocycles. The molecule has 0 aliphatic heterocycles. The highest BCUT2D eigenvalue weighted by Gasteiger charge is 2.18. The van der Waals surface area contributed by atoms with E-state index in [1.807, 2.05) is 49.6 Å². The molecule has 0 amide bonds. The van der Waals surface area contributed by atoms with E-state index in [0.29, 0.717) is 4.90 Å². The summed E-state index contributed by atoms with van der Waals surface area (Å²) in [7, 11) is -1.31. The van der Waals surface area contributed by atoms with Crippen LogP contribution < -0.4 is 5.32 Å². The lowest BCUT2D eigenvalue weighted by atomic mass is 10.0. The molecule has 2 aromatic carbocycles. The van der Waals surface area contributed by atoms with Crippen LogP contribution in [0.5, 0.6) is 0 Å². The number of hydrogen-bond acceptors (Lipinski definition) is 3. The minimum Gasteiger partial charge on any atom is -0.340 e. The Balaban J connectivity index is 2.15. The van der Waals surface area contributed by atoms with Crippen LogP contribution in [0.3, 0.4) is 0 Å². The van der Waals surface area contributed by atoms with Gasteiger partial charge in [0.15, 0.2) is 9.84 Å². The number of aromatic nitrogens is 1. The summed E-state index contributed by atoms with van der Waals surface area (Å²) in [6.07, 6.45) is 4.18. The van der Waals surface area contributed by atoms with Gasteiger partial charge in [-0.1, -0.05) is 36.4 Å². The standard InChI is InChI=1S/C19H22N2O2S/c1-20-13-11-17(15-7-4-3-5-8-15)21-14-12-16-18(21)9-6-10-19(16)24(2,22)23/h3-10,12,14,17,20H,11,13H2,1-2H3. The summed E-state index contributed by atoms with van der Waals surface area (Å²) in [4.78, 5) is 0.388. The highest BCUT2D eigenvalue weighted by molar-refractivity contribution is 7.91. The van der Waals surface area contributed by atoms with Gasteiger partial charge in [0.2, 0.25) is 0 Å². The van der Waals surface area contributed by atoms with Crippen LogP contribution in [0.25, 0.3) is 10.9 Å². The molecule has 1 heterocycles. The third-order valence-corrected chi connectivity index (χ3v) is 5.47. The molecular formula is C19H22N2O2S. The first-order valence-electron chi connectivity index (χ1n) is 8.01. The second-order valence-corrected chi connectivity index (χ2v) is 7.99. The Morgan fingerprint density at radius 2 is 1.79 bits per heavy atom. The van der Waals surface area contributed by atoms with Crippen molar-refractivity contribution in [3.8, 4) is 0 Å². The van der Waals surface area contributed by atoms with E-state index in [0.717, 1.165) is 23.9 Å². The first-order valence-corrected chi connectivity index (χ1v) is 9.90. The van der Waals surface area contributed by atoms with Crippen molar-refractivity contribution in [3.63, 3.8) is 0 Å². The molecule has 3 aromatic rings. The van der Waals surface area contributed by atoms with Crippen LogP contribution in [-0.4, -0.2) is 32.8 Å². The van der Waals surface area contributed by atoms with Crippen LogP contribution in [-0.2, 0) is 9.84 Å². The van der Waals surface area contributed by atoms with E-state index in [-0.39, 0.29) is 6.04 Å². The van der Waals surface area contributed by atoms with Crippen molar-refractivity contribution in [3.05, 3.63) is 66.4 Å². The number of sulfone groups is 1. The minimum atomic E-state index is -3.25. The number of rotatable bonds is 6. The van der Waals surface area contributed by atoms with E-state index < -0.39 is 9.84 Å². The third kappa shape index (κ3) is 3.23. The lowest BCUT2D eigenvalue weighted by Gasteiger charge is -2.21.